The summed E-state index contributed by atoms with van der Waals surface area (Å²) < 4.78 is 67.5. The highest BCUT2D eigenvalue weighted by atomic mass is 32.2. The summed E-state index contributed by atoms with van der Waals surface area (Å²) in [4.78, 5) is 21.4. The Morgan fingerprint density at radius 3 is 2.41 bits per heavy atom. The lowest BCUT2D eigenvalue weighted by Gasteiger charge is -2.18. The molecule has 2 aromatic heterocycles. The first-order valence-corrected chi connectivity index (χ1v) is 14.1. The van der Waals surface area contributed by atoms with Gasteiger partial charge in [0.1, 0.15) is 34.9 Å². The number of ether oxygens (including phenoxy) is 2. The molecule has 12 heteroatoms. The molecule has 4 rings (SSSR count). The summed E-state index contributed by atoms with van der Waals surface area (Å²) in [5.74, 6) is -1.94. The van der Waals surface area contributed by atoms with Crippen molar-refractivity contribution in [2.75, 3.05) is 12.3 Å². The van der Waals surface area contributed by atoms with Gasteiger partial charge in [0.2, 0.25) is 5.88 Å². The minimum atomic E-state index is -4.41. The van der Waals surface area contributed by atoms with Gasteiger partial charge < -0.3 is 15.2 Å². The second kappa shape index (κ2) is 12.3. The molecule has 2 aromatic carbocycles. The van der Waals surface area contributed by atoms with E-state index in [0.717, 1.165) is 0 Å². The number of hydrogen-bond donors (Lipinski definition) is 2. The third-order valence-electron chi connectivity index (χ3n) is 5.71. The number of aromatic nitrogens is 2. The topological polar surface area (TPSA) is 134 Å². The number of halogens is 2. The number of carbonyl (C=O) groups is 1. The standard InChI is InChI=1S/C29H28F2N4O5S/c1-17(2)16-39-23-14-20(13-22(31)15-23)25-11-10-24(28(36)35-41(37,38)27-9-5-8-26(32)34-27)29(33-25)40-18(3)19-6-4-7-21(30)12-19/h4-15,17-18H,16H2,1-3H3,(H2,32,34)(H,35,36). The van der Waals surface area contributed by atoms with Crippen LogP contribution in [0.4, 0.5) is 14.6 Å². The van der Waals surface area contributed by atoms with Crippen LogP contribution in [-0.2, 0) is 10.0 Å². The van der Waals surface area contributed by atoms with Crippen LogP contribution in [0.15, 0.2) is 77.8 Å². The average molecular weight is 583 g/mol. The van der Waals surface area contributed by atoms with E-state index in [1.165, 1.54) is 60.7 Å². The van der Waals surface area contributed by atoms with Gasteiger partial charge in [-0.15, -0.1) is 0 Å². The van der Waals surface area contributed by atoms with Crippen LogP contribution < -0.4 is 19.9 Å². The van der Waals surface area contributed by atoms with Gasteiger partial charge >= 0.3 is 0 Å². The van der Waals surface area contributed by atoms with Gasteiger partial charge in [-0.2, -0.15) is 8.42 Å². The number of hydrogen-bond acceptors (Lipinski definition) is 8. The van der Waals surface area contributed by atoms with Crippen molar-refractivity contribution in [1.29, 1.82) is 0 Å². The van der Waals surface area contributed by atoms with E-state index >= 15 is 0 Å². The number of pyridine rings is 2. The normalized spacial score (nSPS) is 12.1. The summed E-state index contributed by atoms with van der Waals surface area (Å²) in [5.41, 5.74) is 6.34. The number of nitrogen functional groups attached to an aromatic ring is 1. The Kier molecular flexibility index (Phi) is 8.82. The van der Waals surface area contributed by atoms with Gasteiger partial charge in [-0.05, 0) is 66.9 Å². The molecule has 1 atom stereocenters. The summed E-state index contributed by atoms with van der Waals surface area (Å²) in [6.07, 6.45) is -0.801. The molecule has 0 fully saturated rings. The van der Waals surface area contributed by atoms with Crippen molar-refractivity contribution < 1.29 is 31.5 Å². The number of amides is 1. The summed E-state index contributed by atoms with van der Waals surface area (Å²) >= 11 is 0. The van der Waals surface area contributed by atoms with E-state index in [1.807, 2.05) is 18.6 Å². The number of benzene rings is 2. The predicted molar refractivity (Wildman–Crippen MR) is 149 cm³/mol. The maximum Gasteiger partial charge on any atom is 0.281 e. The van der Waals surface area contributed by atoms with E-state index in [2.05, 4.69) is 9.97 Å². The van der Waals surface area contributed by atoms with Crippen molar-refractivity contribution in [2.45, 2.75) is 31.9 Å². The molecular formula is C29H28F2N4O5S. The fourth-order valence-corrected chi connectivity index (χ4v) is 4.67. The molecule has 4 aromatic rings. The first kappa shape index (κ1) is 29.4. The van der Waals surface area contributed by atoms with Crippen molar-refractivity contribution in [1.82, 2.24) is 14.7 Å². The molecule has 1 unspecified atom stereocenters. The molecule has 0 aliphatic carbocycles. The lowest BCUT2D eigenvalue weighted by atomic mass is 10.1. The highest BCUT2D eigenvalue weighted by Crippen LogP contribution is 2.30. The number of sulfonamides is 1. The van der Waals surface area contributed by atoms with Crippen LogP contribution >= 0.6 is 0 Å². The highest BCUT2D eigenvalue weighted by molar-refractivity contribution is 7.90. The first-order chi connectivity index (χ1) is 19.4. The number of rotatable bonds is 10. The summed E-state index contributed by atoms with van der Waals surface area (Å²) in [7, 11) is -4.41. The maximum absolute atomic E-state index is 14.5. The van der Waals surface area contributed by atoms with E-state index in [-0.39, 0.29) is 34.6 Å². The third-order valence-corrected chi connectivity index (χ3v) is 6.94. The maximum atomic E-state index is 14.5. The zero-order valence-corrected chi connectivity index (χ0v) is 23.3. The van der Waals surface area contributed by atoms with E-state index in [4.69, 9.17) is 15.2 Å². The lowest BCUT2D eigenvalue weighted by Crippen LogP contribution is -2.32. The second-order valence-electron chi connectivity index (χ2n) is 9.58. The average Bonchev–Trinajstić information content (AvgIpc) is 2.91. The van der Waals surface area contributed by atoms with Crippen molar-refractivity contribution >= 4 is 21.7 Å². The molecule has 0 spiro atoms. The number of nitrogens with two attached hydrogens (primary N) is 1. The largest absolute Gasteiger partial charge is 0.493 e. The van der Waals surface area contributed by atoms with Crippen molar-refractivity contribution in [2.24, 2.45) is 5.92 Å². The molecule has 0 radical (unpaired) electrons. The van der Waals surface area contributed by atoms with Crippen LogP contribution in [0.3, 0.4) is 0 Å². The van der Waals surface area contributed by atoms with Gasteiger partial charge in [-0.25, -0.2) is 23.5 Å². The molecule has 1 amide bonds. The molecule has 9 nitrogen and oxygen atoms in total. The van der Waals surface area contributed by atoms with Crippen molar-refractivity contribution in [3.63, 3.8) is 0 Å². The third kappa shape index (κ3) is 7.54. The summed E-state index contributed by atoms with van der Waals surface area (Å²) in [6, 6.07) is 16.4. The molecule has 0 saturated carbocycles. The summed E-state index contributed by atoms with van der Waals surface area (Å²) in [6.45, 7) is 5.89. The molecular weight excluding hydrogens is 554 g/mol. The first-order valence-electron chi connectivity index (χ1n) is 12.6. The fourth-order valence-electron chi connectivity index (χ4n) is 3.73. The molecule has 0 bridgehead atoms. The Balaban J connectivity index is 1.73. The molecule has 3 N–H and O–H groups in total. The van der Waals surface area contributed by atoms with Gasteiger partial charge in [0.05, 0.1) is 12.3 Å². The highest BCUT2D eigenvalue weighted by Gasteiger charge is 2.25. The zero-order chi connectivity index (χ0) is 29.7. The van der Waals surface area contributed by atoms with Crippen LogP contribution in [0.25, 0.3) is 11.3 Å². The van der Waals surface area contributed by atoms with E-state index in [9.17, 15) is 22.0 Å². The zero-order valence-electron chi connectivity index (χ0n) is 22.5. The molecule has 41 heavy (non-hydrogen) atoms. The second-order valence-corrected chi connectivity index (χ2v) is 11.2. The fraction of sp³-hybridized carbons (Fsp3) is 0.207. The number of nitrogens with zero attached hydrogens (tertiary/aromatic N) is 2. The van der Waals surface area contributed by atoms with E-state index < -0.39 is 38.7 Å². The number of carbonyl (C=O) groups excluding carboxylic acids is 1. The Morgan fingerprint density at radius 1 is 0.951 bits per heavy atom. The smallest absolute Gasteiger partial charge is 0.281 e. The monoisotopic (exact) mass is 582 g/mol. The Labute approximate surface area is 236 Å². The van der Waals surface area contributed by atoms with Crippen molar-refractivity contribution in [3.8, 4) is 22.9 Å². The van der Waals surface area contributed by atoms with Crippen LogP contribution in [0.5, 0.6) is 11.6 Å². The minimum Gasteiger partial charge on any atom is -0.493 e. The van der Waals surface area contributed by atoms with Crippen LogP contribution in [0.1, 0.15) is 42.8 Å². The number of nitrogens with one attached hydrogen (secondary N) is 1. The SMILES string of the molecule is CC(C)COc1cc(F)cc(-c2ccc(C(=O)NS(=O)(=O)c3cccc(N)n3)c(OC(C)c3cccc(F)c3)n2)c1. The Hall–Kier alpha value is -4.58. The molecule has 2 heterocycles. The molecule has 0 saturated heterocycles. The summed E-state index contributed by atoms with van der Waals surface area (Å²) in [5, 5.41) is -0.459. The minimum absolute atomic E-state index is 0.0499. The molecule has 0 aliphatic heterocycles. The predicted octanol–water partition coefficient (Wildman–Crippen LogP) is 5.30. The van der Waals surface area contributed by atoms with E-state index in [1.54, 1.807) is 19.1 Å². The van der Waals surface area contributed by atoms with Gasteiger partial charge in [-0.3, -0.25) is 4.79 Å². The van der Waals surface area contributed by atoms with Gasteiger partial charge in [0, 0.05) is 11.6 Å². The molecule has 214 valence electrons. The lowest BCUT2D eigenvalue weighted by molar-refractivity contribution is 0.0973. The van der Waals surface area contributed by atoms with Crippen LogP contribution in [0.2, 0.25) is 0 Å². The van der Waals surface area contributed by atoms with Crippen LogP contribution in [-0.4, -0.2) is 30.9 Å². The number of anilines is 1. The van der Waals surface area contributed by atoms with Gasteiger partial charge in [0.15, 0.2) is 5.03 Å². The quantitative estimate of drug-likeness (QED) is 0.257. The Morgan fingerprint density at radius 2 is 1.71 bits per heavy atom. The molecule has 0 aliphatic rings. The van der Waals surface area contributed by atoms with Gasteiger partial charge in [-0.1, -0.05) is 32.0 Å². The van der Waals surface area contributed by atoms with Crippen molar-refractivity contribution in [3.05, 3.63) is 95.6 Å². The van der Waals surface area contributed by atoms with E-state index in [0.29, 0.717) is 17.7 Å². The Bertz CT molecular complexity index is 1680. The van der Waals surface area contributed by atoms with Crippen LogP contribution in [0, 0.1) is 17.6 Å². The van der Waals surface area contributed by atoms with Gasteiger partial charge in [0.25, 0.3) is 15.9 Å².